The van der Waals surface area contributed by atoms with Gasteiger partial charge in [-0.25, -0.2) is 4.39 Å². The average molecular weight is 314 g/mol. The van der Waals surface area contributed by atoms with Crippen LogP contribution >= 0.6 is 23.2 Å². The minimum Gasteiger partial charge on any atom is -0.505 e. The Kier molecular flexibility index (Phi) is 4.86. The second kappa shape index (κ2) is 6.44. The number of halogens is 3. The summed E-state index contributed by atoms with van der Waals surface area (Å²) in [7, 11) is 0. The lowest BCUT2D eigenvalue weighted by Crippen LogP contribution is -2.18. The first-order chi connectivity index (χ1) is 9.49. The highest BCUT2D eigenvalue weighted by molar-refractivity contribution is 6.42. The summed E-state index contributed by atoms with van der Waals surface area (Å²) in [6.07, 6.45) is 0. The largest absolute Gasteiger partial charge is 0.505 e. The summed E-state index contributed by atoms with van der Waals surface area (Å²) in [4.78, 5) is 0. The molecular formula is C15H14Cl2FNO. The van der Waals surface area contributed by atoms with Crippen molar-refractivity contribution in [3.05, 3.63) is 63.4 Å². The predicted octanol–water partition coefficient (Wildman–Crippen LogP) is 4.69. The fourth-order valence-corrected chi connectivity index (χ4v) is 2.17. The zero-order valence-electron chi connectivity index (χ0n) is 10.8. The van der Waals surface area contributed by atoms with Crippen LogP contribution in [0.1, 0.15) is 24.1 Å². The summed E-state index contributed by atoms with van der Waals surface area (Å²) >= 11 is 11.8. The number of para-hydroxylation sites is 1. The molecule has 2 aromatic carbocycles. The Balaban J connectivity index is 2.06. The molecule has 1 atom stereocenters. The Morgan fingerprint density at radius 1 is 1.20 bits per heavy atom. The van der Waals surface area contributed by atoms with Crippen LogP contribution in [0.3, 0.4) is 0 Å². The second-order valence-electron chi connectivity index (χ2n) is 4.52. The Morgan fingerprint density at radius 3 is 2.65 bits per heavy atom. The first-order valence-corrected chi connectivity index (χ1v) is 6.89. The molecule has 2 nitrogen and oxygen atoms in total. The van der Waals surface area contributed by atoms with Gasteiger partial charge in [0.1, 0.15) is 0 Å². The number of benzene rings is 2. The molecule has 1 unspecified atom stereocenters. The molecule has 0 bridgehead atoms. The molecule has 0 heterocycles. The molecule has 0 aliphatic heterocycles. The van der Waals surface area contributed by atoms with E-state index in [1.165, 1.54) is 6.07 Å². The highest BCUT2D eigenvalue weighted by Crippen LogP contribution is 2.26. The van der Waals surface area contributed by atoms with Crippen LogP contribution in [0.2, 0.25) is 10.0 Å². The standard InChI is InChI=1S/C15H14Cl2FNO/c1-9(10-5-6-12(16)13(17)7-10)19-8-11-3-2-4-14(18)15(11)20/h2-7,9,19-20H,8H2,1H3. The van der Waals surface area contributed by atoms with Gasteiger partial charge in [-0.05, 0) is 30.7 Å². The first kappa shape index (κ1) is 15.1. The molecule has 2 aromatic rings. The normalized spacial score (nSPS) is 12.4. The zero-order chi connectivity index (χ0) is 14.7. The Labute approximate surface area is 127 Å². The van der Waals surface area contributed by atoms with E-state index in [1.54, 1.807) is 24.3 Å². The van der Waals surface area contributed by atoms with E-state index in [4.69, 9.17) is 23.2 Å². The summed E-state index contributed by atoms with van der Waals surface area (Å²) in [5.74, 6) is -0.937. The third kappa shape index (κ3) is 3.42. The van der Waals surface area contributed by atoms with Crippen LogP contribution in [0, 0.1) is 5.82 Å². The van der Waals surface area contributed by atoms with Gasteiger partial charge in [-0.3, -0.25) is 0 Å². The number of aromatic hydroxyl groups is 1. The van der Waals surface area contributed by atoms with Crippen molar-refractivity contribution in [3.8, 4) is 5.75 Å². The molecule has 0 aromatic heterocycles. The maximum atomic E-state index is 13.2. The van der Waals surface area contributed by atoms with Crippen LogP contribution in [-0.4, -0.2) is 5.11 Å². The molecule has 0 aliphatic rings. The molecule has 0 radical (unpaired) electrons. The molecule has 0 spiro atoms. The predicted molar refractivity (Wildman–Crippen MR) is 79.8 cm³/mol. The molecule has 0 amide bonds. The van der Waals surface area contributed by atoms with Crippen molar-refractivity contribution >= 4 is 23.2 Å². The van der Waals surface area contributed by atoms with Crippen LogP contribution in [-0.2, 0) is 6.54 Å². The number of rotatable bonds is 4. The van der Waals surface area contributed by atoms with E-state index in [1.807, 2.05) is 13.0 Å². The Morgan fingerprint density at radius 2 is 1.95 bits per heavy atom. The van der Waals surface area contributed by atoms with Gasteiger partial charge >= 0.3 is 0 Å². The van der Waals surface area contributed by atoms with Gasteiger partial charge in [-0.15, -0.1) is 0 Å². The van der Waals surface area contributed by atoms with Crippen molar-refractivity contribution < 1.29 is 9.50 Å². The number of phenols is 1. The third-order valence-electron chi connectivity index (χ3n) is 3.11. The quantitative estimate of drug-likeness (QED) is 0.858. The molecule has 0 saturated carbocycles. The maximum Gasteiger partial charge on any atom is 0.165 e. The molecule has 106 valence electrons. The van der Waals surface area contributed by atoms with Gasteiger partial charge < -0.3 is 10.4 Å². The fraction of sp³-hybridized carbons (Fsp3) is 0.200. The summed E-state index contributed by atoms with van der Waals surface area (Å²) in [5.41, 5.74) is 1.48. The molecule has 5 heteroatoms. The van der Waals surface area contributed by atoms with Crippen LogP contribution < -0.4 is 5.32 Å². The van der Waals surface area contributed by atoms with Gasteiger partial charge in [0.15, 0.2) is 11.6 Å². The lowest BCUT2D eigenvalue weighted by Gasteiger charge is -2.15. The number of hydrogen-bond acceptors (Lipinski definition) is 2. The van der Waals surface area contributed by atoms with Gasteiger partial charge in [0.2, 0.25) is 0 Å². The second-order valence-corrected chi connectivity index (χ2v) is 5.34. The molecule has 2 rings (SSSR count). The van der Waals surface area contributed by atoms with E-state index in [2.05, 4.69) is 5.32 Å². The molecule has 0 aliphatic carbocycles. The Hall–Kier alpha value is -1.29. The smallest absolute Gasteiger partial charge is 0.165 e. The number of phenolic OH excluding ortho intramolecular Hbond substituents is 1. The highest BCUT2D eigenvalue weighted by Gasteiger charge is 2.10. The van der Waals surface area contributed by atoms with E-state index in [9.17, 15) is 9.50 Å². The van der Waals surface area contributed by atoms with Crippen molar-refractivity contribution in [3.63, 3.8) is 0 Å². The number of hydrogen-bond donors (Lipinski definition) is 2. The monoisotopic (exact) mass is 313 g/mol. The Bertz CT molecular complexity index is 619. The van der Waals surface area contributed by atoms with Gasteiger partial charge in [-0.2, -0.15) is 0 Å². The van der Waals surface area contributed by atoms with Crippen LogP contribution in [0.25, 0.3) is 0 Å². The topological polar surface area (TPSA) is 32.3 Å². The van der Waals surface area contributed by atoms with Crippen molar-refractivity contribution in [2.24, 2.45) is 0 Å². The van der Waals surface area contributed by atoms with Crippen molar-refractivity contribution in [1.29, 1.82) is 0 Å². The lowest BCUT2D eigenvalue weighted by atomic mass is 10.1. The van der Waals surface area contributed by atoms with Gasteiger partial charge in [0.25, 0.3) is 0 Å². The summed E-state index contributed by atoms with van der Waals surface area (Å²) in [6, 6.07) is 9.85. The average Bonchev–Trinajstić information content (AvgIpc) is 2.43. The fourth-order valence-electron chi connectivity index (χ4n) is 1.87. The summed E-state index contributed by atoms with van der Waals surface area (Å²) < 4.78 is 13.2. The van der Waals surface area contributed by atoms with Crippen LogP contribution in [0.4, 0.5) is 4.39 Å². The molecule has 2 N–H and O–H groups in total. The minimum atomic E-state index is -0.619. The lowest BCUT2D eigenvalue weighted by molar-refractivity contribution is 0.421. The minimum absolute atomic E-state index is 0.00701. The van der Waals surface area contributed by atoms with Crippen molar-refractivity contribution in [2.45, 2.75) is 19.5 Å². The third-order valence-corrected chi connectivity index (χ3v) is 3.85. The van der Waals surface area contributed by atoms with E-state index in [-0.39, 0.29) is 11.8 Å². The number of nitrogens with one attached hydrogen (secondary N) is 1. The summed E-state index contributed by atoms with van der Waals surface area (Å²) in [5, 5.41) is 13.8. The van der Waals surface area contributed by atoms with E-state index >= 15 is 0 Å². The highest BCUT2D eigenvalue weighted by atomic mass is 35.5. The SMILES string of the molecule is CC(NCc1cccc(F)c1O)c1ccc(Cl)c(Cl)c1. The maximum absolute atomic E-state index is 13.2. The summed E-state index contributed by atoms with van der Waals surface area (Å²) in [6.45, 7) is 2.31. The van der Waals surface area contributed by atoms with E-state index < -0.39 is 5.82 Å². The molecule has 0 fully saturated rings. The van der Waals surface area contributed by atoms with Crippen LogP contribution in [0.15, 0.2) is 36.4 Å². The van der Waals surface area contributed by atoms with E-state index in [0.29, 0.717) is 22.2 Å². The molecular weight excluding hydrogens is 300 g/mol. The molecule has 0 saturated heterocycles. The van der Waals surface area contributed by atoms with Crippen LogP contribution in [0.5, 0.6) is 5.75 Å². The first-order valence-electron chi connectivity index (χ1n) is 6.13. The van der Waals surface area contributed by atoms with Gasteiger partial charge in [0.05, 0.1) is 10.0 Å². The zero-order valence-corrected chi connectivity index (χ0v) is 12.3. The van der Waals surface area contributed by atoms with Gasteiger partial charge in [-0.1, -0.05) is 41.4 Å². The molecule has 20 heavy (non-hydrogen) atoms. The van der Waals surface area contributed by atoms with E-state index in [0.717, 1.165) is 5.56 Å². The van der Waals surface area contributed by atoms with Crippen molar-refractivity contribution in [2.75, 3.05) is 0 Å². The van der Waals surface area contributed by atoms with Crippen molar-refractivity contribution in [1.82, 2.24) is 5.32 Å². The van der Waals surface area contributed by atoms with Gasteiger partial charge in [0, 0.05) is 18.2 Å².